The van der Waals surface area contributed by atoms with Gasteiger partial charge in [0.25, 0.3) is 0 Å². The lowest BCUT2D eigenvalue weighted by Gasteiger charge is -2.37. The number of likely N-dealkylation sites (N-methyl/N-ethyl adjacent to an activating group) is 1. The van der Waals surface area contributed by atoms with Gasteiger partial charge in [0.1, 0.15) is 6.54 Å². The van der Waals surface area contributed by atoms with Crippen molar-refractivity contribution in [2.24, 2.45) is 0 Å². The van der Waals surface area contributed by atoms with Crippen molar-refractivity contribution in [3.63, 3.8) is 0 Å². The van der Waals surface area contributed by atoms with Gasteiger partial charge in [0.15, 0.2) is 0 Å². The van der Waals surface area contributed by atoms with E-state index in [1.165, 1.54) is 43.4 Å². The first-order valence-electron chi connectivity index (χ1n) is 5.67. The molecule has 6 nitrogen and oxygen atoms in total. The van der Waals surface area contributed by atoms with Gasteiger partial charge in [0, 0.05) is 7.11 Å². The molecule has 0 unspecified atom stereocenters. The van der Waals surface area contributed by atoms with Gasteiger partial charge in [-0.2, -0.15) is 0 Å². The van der Waals surface area contributed by atoms with Crippen LogP contribution in [0.2, 0.25) is 0 Å². The molecule has 0 radical (unpaired) electrons. The summed E-state index contributed by atoms with van der Waals surface area (Å²) in [6.07, 6.45) is 4.24. The highest BCUT2D eigenvalue weighted by Crippen LogP contribution is 2.15. The molecule has 0 aromatic rings. The second kappa shape index (κ2) is 7.99. The van der Waals surface area contributed by atoms with Gasteiger partial charge in [0.05, 0.1) is 33.9 Å². The molecule has 0 saturated carbocycles. The SMILES string of the molecule is COCC[N+]1(C)CCCCC1.COS(=O)(=O)[O-]. The first kappa shape index (κ1) is 16.8. The lowest BCUT2D eigenvalue weighted by atomic mass is 10.1. The molecule has 0 N–H and O–H groups in total. The Bertz CT molecular complexity index is 285. The number of nitrogens with zero attached hydrogens (tertiary/aromatic N) is 1. The van der Waals surface area contributed by atoms with E-state index in [1.807, 2.05) is 0 Å². The fourth-order valence-electron chi connectivity index (χ4n) is 1.81. The Morgan fingerprint density at radius 1 is 1.18 bits per heavy atom. The molecule has 7 heteroatoms. The summed E-state index contributed by atoms with van der Waals surface area (Å²) in [6, 6.07) is 0. The van der Waals surface area contributed by atoms with E-state index in [9.17, 15) is 13.0 Å². The third-order valence-corrected chi connectivity index (χ3v) is 3.34. The van der Waals surface area contributed by atoms with Crippen LogP contribution < -0.4 is 0 Å². The molecule has 17 heavy (non-hydrogen) atoms. The molecule has 1 heterocycles. The van der Waals surface area contributed by atoms with Gasteiger partial charge in [-0.3, -0.25) is 4.18 Å². The summed E-state index contributed by atoms with van der Waals surface area (Å²) in [6.45, 7) is 4.81. The maximum Gasteiger partial charge on any atom is 0.217 e. The summed E-state index contributed by atoms with van der Waals surface area (Å²) < 4.78 is 37.3. The van der Waals surface area contributed by atoms with Crippen LogP contribution in [0.1, 0.15) is 19.3 Å². The van der Waals surface area contributed by atoms with Crippen LogP contribution >= 0.6 is 0 Å². The summed E-state index contributed by atoms with van der Waals surface area (Å²) >= 11 is 0. The molecular formula is C10H23NO5S. The van der Waals surface area contributed by atoms with Crippen LogP contribution in [0.15, 0.2) is 0 Å². The number of rotatable bonds is 4. The van der Waals surface area contributed by atoms with Crippen molar-refractivity contribution >= 4 is 10.4 Å². The Hall–Kier alpha value is -0.210. The average Bonchev–Trinajstić information content (AvgIpc) is 2.27. The van der Waals surface area contributed by atoms with Gasteiger partial charge in [0.2, 0.25) is 10.4 Å². The summed E-state index contributed by atoms with van der Waals surface area (Å²) in [5.74, 6) is 0. The van der Waals surface area contributed by atoms with Crippen molar-refractivity contribution in [1.82, 2.24) is 0 Å². The topological polar surface area (TPSA) is 75.7 Å². The molecule has 1 aliphatic heterocycles. The van der Waals surface area contributed by atoms with E-state index in [1.54, 1.807) is 7.11 Å². The minimum Gasteiger partial charge on any atom is -0.726 e. The molecule has 0 spiro atoms. The third kappa shape index (κ3) is 9.49. The number of hydrogen-bond donors (Lipinski definition) is 0. The van der Waals surface area contributed by atoms with E-state index in [2.05, 4.69) is 11.2 Å². The average molecular weight is 269 g/mol. The van der Waals surface area contributed by atoms with Crippen LogP contribution in [0.3, 0.4) is 0 Å². The van der Waals surface area contributed by atoms with E-state index in [4.69, 9.17) is 4.74 Å². The van der Waals surface area contributed by atoms with Gasteiger partial charge in [-0.25, -0.2) is 8.42 Å². The van der Waals surface area contributed by atoms with Gasteiger partial charge >= 0.3 is 0 Å². The van der Waals surface area contributed by atoms with Gasteiger partial charge in [-0.05, 0) is 19.3 Å². The summed E-state index contributed by atoms with van der Waals surface area (Å²) in [7, 11) is 0.529. The van der Waals surface area contributed by atoms with Crippen molar-refractivity contribution in [1.29, 1.82) is 0 Å². The first-order valence-corrected chi connectivity index (χ1v) is 7.00. The number of ether oxygens (including phenoxy) is 1. The minimum absolute atomic E-state index is 0.808. The molecule has 0 aliphatic carbocycles. The van der Waals surface area contributed by atoms with Gasteiger partial charge in [-0.1, -0.05) is 0 Å². The molecule has 1 aliphatic rings. The maximum atomic E-state index is 9.22. The molecule has 0 atom stereocenters. The third-order valence-electron chi connectivity index (χ3n) is 2.94. The van der Waals surface area contributed by atoms with Crippen LogP contribution in [-0.4, -0.2) is 65.0 Å². The molecule has 104 valence electrons. The molecule has 0 aromatic carbocycles. The standard InChI is InChI=1S/C9H20NO.CH4O4S/c1-10(8-9-11-2)6-4-3-5-7-10;1-5-6(2,3)4/h3-9H2,1-2H3;1H3,(H,2,3,4)/q+1;/p-1. The van der Waals surface area contributed by atoms with Crippen LogP contribution in [0.25, 0.3) is 0 Å². The van der Waals surface area contributed by atoms with E-state index in [0.29, 0.717) is 0 Å². The molecule has 0 aromatic heterocycles. The predicted molar refractivity (Wildman–Crippen MR) is 63.2 cm³/mol. The van der Waals surface area contributed by atoms with Crippen LogP contribution in [-0.2, 0) is 19.3 Å². The van der Waals surface area contributed by atoms with Crippen LogP contribution in [0, 0.1) is 0 Å². The summed E-state index contributed by atoms with van der Waals surface area (Å²) in [5, 5.41) is 0. The highest BCUT2D eigenvalue weighted by molar-refractivity contribution is 7.80. The molecule has 1 rings (SSSR count). The Morgan fingerprint density at radius 2 is 1.65 bits per heavy atom. The van der Waals surface area contributed by atoms with E-state index in [-0.39, 0.29) is 0 Å². The minimum atomic E-state index is -4.41. The second-order valence-electron chi connectivity index (χ2n) is 4.42. The number of piperidine rings is 1. The van der Waals surface area contributed by atoms with Crippen LogP contribution in [0.5, 0.6) is 0 Å². The van der Waals surface area contributed by atoms with Crippen LogP contribution in [0.4, 0.5) is 0 Å². The first-order chi connectivity index (χ1) is 7.83. The number of methoxy groups -OCH3 is 1. The zero-order valence-electron chi connectivity index (χ0n) is 10.8. The number of quaternary nitrogens is 1. The zero-order valence-corrected chi connectivity index (χ0v) is 11.7. The van der Waals surface area contributed by atoms with Crippen molar-refractivity contribution in [2.75, 3.05) is 47.5 Å². The van der Waals surface area contributed by atoms with Crippen molar-refractivity contribution in [3.05, 3.63) is 0 Å². The lowest BCUT2D eigenvalue weighted by Crippen LogP contribution is -2.49. The highest BCUT2D eigenvalue weighted by atomic mass is 32.3. The molecular weight excluding hydrogens is 246 g/mol. The number of likely N-dealkylation sites (tertiary alicyclic amines) is 1. The summed E-state index contributed by atoms with van der Waals surface area (Å²) in [4.78, 5) is 0. The largest absolute Gasteiger partial charge is 0.726 e. The normalized spacial score (nSPS) is 19.3. The number of hydrogen-bond acceptors (Lipinski definition) is 5. The second-order valence-corrected chi connectivity index (χ2v) is 5.57. The molecule has 0 bridgehead atoms. The Balaban J connectivity index is 0.000000366. The molecule has 1 fully saturated rings. The van der Waals surface area contributed by atoms with Gasteiger partial charge < -0.3 is 13.8 Å². The Kier molecular flexibility index (Phi) is 7.89. The quantitative estimate of drug-likeness (QED) is 0.418. The van der Waals surface area contributed by atoms with Crippen molar-refractivity contribution < 1.29 is 26.4 Å². The van der Waals surface area contributed by atoms with Crippen molar-refractivity contribution in [3.8, 4) is 0 Å². The van der Waals surface area contributed by atoms with Gasteiger partial charge in [-0.15, -0.1) is 0 Å². The predicted octanol–water partition coefficient (Wildman–Crippen LogP) is 0.356. The van der Waals surface area contributed by atoms with Crippen molar-refractivity contribution in [2.45, 2.75) is 19.3 Å². The Morgan fingerprint density at radius 3 is 2.00 bits per heavy atom. The van der Waals surface area contributed by atoms with E-state index >= 15 is 0 Å². The summed E-state index contributed by atoms with van der Waals surface area (Å²) in [5.41, 5.74) is 0. The molecule has 0 amide bonds. The fraction of sp³-hybridized carbons (Fsp3) is 1.00. The molecule has 1 saturated heterocycles. The maximum absolute atomic E-state index is 9.22. The Labute approximate surface area is 104 Å². The monoisotopic (exact) mass is 269 g/mol. The lowest BCUT2D eigenvalue weighted by molar-refractivity contribution is -0.914. The zero-order chi connectivity index (χ0) is 13.4. The highest BCUT2D eigenvalue weighted by Gasteiger charge is 2.23. The fourth-order valence-corrected chi connectivity index (χ4v) is 1.81. The smallest absolute Gasteiger partial charge is 0.217 e. The van der Waals surface area contributed by atoms with E-state index < -0.39 is 10.4 Å². The van der Waals surface area contributed by atoms with E-state index in [0.717, 1.165) is 13.7 Å².